The van der Waals surface area contributed by atoms with Gasteiger partial charge in [-0.05, 0) is 114 Å². The number of aromatic nitrogens is 4. The van der Waals surface area contributed by atoms with E-state index in [1.807, 2.05) is 51.4 Å². The molecular weight excluding hydrogens is 610 g/mol. The fourth-order valence-electron chi connectivity index (χ4n) is 6.08. The number of aryl methyl sites for hydroxylation is 2. The number of benzene rings is 2. The van der Waals surface area contributed by atoms with Gasteiger partial charge in [-0.2, -0.15) is 10.2 Å². The lowest BCUT2D eigenvalue weighted by atomic mass is 10.0. The van der Waals surface area contributed by atoms with Crippen LogP contribution >= 0.6 is 12.4 Å². The third-order valence-corrected chi connectivity index (χ3v) is 8.55. The van der Waals surface area contributed by atoms with Crippen molar-refractivity contribution >= 4 is 18.5 Å². The summed E-state index contributed by atoms with van der Waals surface area (Å²) < 4.78 is 35.8. The van der Waals surface area contributed by atoms with Crippen molar-refractivity contribution in [3.8, 4) is 0 Å². The minimum atomic E-state index is -0.519. The van der Waals surface area contributed by atoms with Crippen LogP contribution in [0.1, 0.15) is 91.7 Å². The van der Waals surface area contributed by atoms with Gasteiger partial charge in [-0.1, -0.05) is 24.3 Å². The van der Waals surface area contributed by atoms with Gasteiger partial charge in [0.15, 0.2) is 0 Å². The number of carbonyl (C=O) groups excluding carboxylic acids is 1. The Balaban J connectivity index is 0.000000213. The van der Waals surface area contributed by atoms with Gasteiger partial charge in [0.1, 0.15) is 17.2 Å². The van der Waals surface area contributed by atoms with Crippen molar-refractivity contribution in [2.45, 2.75) is 92.1 Å². The van der Waals surface area contributed by atoms with Crippen LogP contribution in [0.25, 0.3) is 0 Å². The van der Waals surface area contributed by atoms with Crippen LogP contribution in [0.15, 0.2) is 48.5 Å². The highest BCUT2D eigenvalue weighted by Crippen LogP contribution is 2.29. The zero-order valence-electron chi connectivity index (χ0n) is 27.7. The molecule has 0 saturated heterocycles. The SMILES string of the molecule is Cc1nn(C(C)c2ccc(F)cc2)c2c1CCN(C(=O)OC(C)(C)C)C2.Cc1nn(C(C)c2ccc(F)cc2)c2c1CCNC2.Cl. The number of hydrogen-bond acceptors (Lipinski definition) is 5. The molecular formula is C35H45ClF2N6O2. The zero-order valence-corrected chi connectivity index (χ0v) is 28.5. The molecule has 0 saturated carbocycles. The summed E-state index contributed by atoms with van der Waals surface area (Å²) in [6.07, 6.45) is 1.50. The van der Waals surface area contributed by atoms with E-state index in [4.69, 9.17) is 9.84 Å². The minimum absolute atomic E-state index is 0. The number of amides is 1. The van der Waals surface area contributed by atoms with E-state index in [1.54, 1.807) is 17.0 Å². The highest BCUT2D eigenvalue weighted by Gasteiger charge is 2.30. The van der Waals surface area contributed by atoms with Crippen LogP contribution < -0.4 is 5.32 Å². The fraction of sp³-hybridized carbons (Fsp3) is 0.457. The average molecular weight is 655 g/mol. The molecule has 46 heavy (non-hydrogen) atoms. The van der Waals surface area contributed by atoms with Gasteiger partial charge in [0.25, 0.3) is 0 Å². The van der Waals surface area contributed by atoms with E-state index in [9.17, 15) is 13.6 Å². The molecule has 2 atom stereocenters. The van der Waals surface area contributed by atoms with E-state index in [1.165, 1.54) is 41.1 Å². The molecule has 2 aromatic carbocycles. The number of ether oxygens (including phenoxy) is 1. The lowest BCUT2D eigenvalue weighted by Gasteiger charge is -2.31. The van der Waals surface area contributed by atoms with Gasteiger partial charge in [-0.15, -0.1) is 12.4 Å². The van der Waals surface area contributed by atoms with Crippen LogP contribution in [0.5, 0.6) is 0 Å². The maximum Gasteiger partial charge on any atom is 0.410 e. The molecule has 4 heterocycles. The molecule has 0 spiro atoms. The Hall–Kier alpha value is -3.76. The summed E-state index contributed by atoms with van der Waals surface area (Å²) in [5.41, 5.74) is 8.49. The molecule has 6 rings (SSSR count). The number of nitrogens with one attached hydrogen (secondary N) is 1. The number of carbonyl (C=O) groups is 1. The molecule has 8 nitrogen and oxygen atoms in total. The molecule has 0 bridgehead atoms. The van der Waals surface area contributed by atoms with E-state index >= 15 is 0 Å². The number of rotatable bonds is 4. The third-order valence-electron chi connectivity index (χ3n) is 8.55. The van der Waals surface area contributed by atoms with Crippen molar-refractivity contribution in [3.05, 3.63) is 105 Å². The Labute approximate surface area is 276 Å². The highest BCUT2D eigenvalue weighted by atomic mass is 35.5. The predicted octanol–water partition coefficient (Wildman–Crippen LogP) is 7.24. The second-order valence-corrected chi connectivity index (χ2v) is 12.9. The molecule has 0 fully saturated rings. The van der Waals surface area contributed by atoms with Gasteiger partial charge in [0.2, 0.25) is 0 Å². The van der Waals surface area contributed by atoms with Gasteiger partial charge in [-0.3, -0.25) is 9.36 Å². The summed E-state index contributed by atoms with van der Waals surface area (Å²) in [6, 6.07) is 13.2. The Morgan fingerprint density at radius 1 is 0.826 bits per heavy atom. The second kappa shape index (κ2) is 14.3. The van der Waals surface area contributed by atoms with Crippen LogP contribution in [0.2, 0.25) is 0 Å². The van der Waals surface area contributed by atoms with E-state index < -0.39 is 5.60 Å². The Morgan fingerprint density at radius 2 is 1.30 bits per heavy atom. The molecule has 1 amide bonds. The van der Waals surface area contributed by atoms with Crippen molar-refractivity contribution in [3.63, 3.8) is 0 Å². The van der Waals surface area contributed by atoms with Crippen molar-refractivity contribution in [2.24, 2.45) is 0 Å². The van der Waals surface area contributed by atoms with Crippen molar-refractivity contribution in [2.75, 3.05) is 13.1 Å². The number of halogens is 3. The van der Waals surface area contributed by atoms with Gasteiger partial charge in [-0.25, -0.2) is 13.6 Å². The molecule has 248 valence electrons. The molecule has 0 radical (unpaired) electrons. The van der Waals surface area contributed by atoms with Crippen molar-refractivity contribution in [1.29, 1.82) is 0 Å². The molecule has 4 aromatic rings. The summed E-state index contributed by atoms with van der Waals surface area (Å²) in [7, 11) is 0. The molecule has 2 unspecified atom stereocenters. The Morgan fingerprint density at radius 3 is 1.80 bits per heavy atom. The predicted molar refractivity (Wildman–Crippen MR) is 177 cm³/mol. The Kier molecular flexibility index (Phi) is 10.9. The van der Waals surface area contributed by atoms with Crippen molar-refractivity contribution in [1.82, 2.24) is 29.8 Å². The first kappa shape index (κ1) is 35.1. The summed E-state index contributed by atoms with van der Waals surface area (Å²) in [4.78, 5) is 14.2. The van der Waals surface area contributed by atoms with Gasteiger partial charge in [0.05, 0.1) is 41.4 Å². The lowest BCUT2D eigenvalue weighted by molar-refractivity contribution is 0.0218. The third kappa shape index (κ3) is 7.78. The van der Waals surface area contributed by atoms with Crippen LogP contribution in [-0.4, -0.2) is 49.2 Å². The maximum absolute atomic E-state index is 13.2. The zero-order chi connectivity index (χ0) is 32.5. The maximum atomic E-state index is 13.2. The smallest absolute Gasteiger partial charge is 0.410 e. The highest BCUT2D eigenvalue weighted by molar-refractivity contribution is 5.85. The summed E-state index contributed by atoms with van der Waals surface area (Å²) in [5.74, 6) is -0.452. The largest absolute Gasteiger partial charge is 0.444 e. The van der Waals surface area contributed by atoms with E-state index in [0.29, 0.717) is 13.1 Å². The molecule has 11 heteroatoms. The average Bonchev–Trinajstić information content (AvgIpc) is 3.53. The Bertz CT molecular complexity index is 1640. The monoisotopic (exact) mass is 654 g/mol. The van der Waals surface area contributed by atoms with Crippen LogP contribution in [-0.2, 0) is 30.7 Å². The molecule has 0 aliphatic carbocycles. The molecule has 2 aromatic heterocycles. The summed E-state index contributed by atoms with van der Waals surface area (Å²) >= 11 is 0. The van der Waals surface area contributed by atoms with E-state index in [-0.39, 0.29) is 42.2 Å². The first-order valence-corrected chi connectivity index (χ1v) is 15.7. The topological polar surface area (TPSA) is 77.2 Å². The minimum Gasteiger partial charge on any atom is -0.444 e. The fourth-order valence-corrected chi connectivity index (χ4v) is 6.08. The number of nitrogens with zero attached hydrogens (tertiary/aromatic N) is 5. The van der Waals surface area contributed by atoms with Crippen LogP contribution in [0.4, 0.5) is 13.6 Å². The lowest BCUT2D eigenvalue weighted by Crippen LogP contribution is -2.40. The van der Waals surface area contributed by atoms with Gasteiger partial charge >= 0.3 is 6.09 Å². The van der Waals surface area contributed by atoms with Crippen LogP contribution in [0, 0.1) is 25.5 Å². The summed E-state index contributed by atoms with van der Waals surface area (Å²) in [5, 5.41) is 12.8. The molecule has 2 aliphatic rings. The standard InChI is InChI=1S/C20H26FN3O2.C15H18FN3.ClH/c1-13-17-10-11-23(19(25)26-20(3,4)5)12-18(17)24(22-13)14(2)15-6-8-16(21)9-7-15;1-10-14-7-8-17-9-15(14)19(18-10)11(2)12-3-5-13(16)6-4-12;/h6-9,14H,10-12H2,1-5H3;3-6,11,17H,7-9H2,1-2H3;1H. The molecule has 1 N–H and O–H groups in total. The first-order chi connectivity index (χ1) is 21.3. The quantitative estimate of drug-likeness (QED) is 0.251. The number of fused-ring (bicyclic) bond motifs is 2. The number of hydrogen-bond donors (Lipinski definition) is 1. The summed E-state index contributed by atoms with van der Waals surface area (Å²) in [6.45, 7) is 16.8. The normalized spacial score (nSPS) is 15.5. The van der Waals surface area contributed by atoms with Gasteiger partial charge in [0, 0.05) is 13.1 Å². The van der Waals surface area contributed by atoms with E-state index in [0.717, 1.165) is 54.1 Å². The first-order valence-electron chi connectivity index (χ1n) is 15.7. The molecule has 2 aliphatic heterocycles. The second-order valence-electron chi connectivity index (χ2n) is 12.9. The van der Waals surface area contributed by atoms with Gasteiger partial charge < -0.3 is 15.0 Å². The van der Waals surface area contributed by atoms with Crippen LogP contribution in [0.3, 0.4) is 0 Å². The van der Waals surface area contributed by atoms with E-state index in [2.05, 4.69) is 28.9 Å². The van der Waals surface area contributed by atoms with Crippen molar-refractivity contribution < 1.29 is 18.3 Å².